The summed E-state index contributed by atoms with van der Waals surface area (Å²) in [4.78, 5) is 22.5. The van der Waals surface area contributed by atoms with Gasteiger partial charge in [-0.05, 0) is 20.3 Å². The first-order chi connectivity index (χ1) is 6.97. The highest BCUT2D eigenvalue weighted by Gasteiger charge is 2.32. The lowest BCUT2D eigenvalue weighted by Gasteiger charge is -2.24. The first-order valence-corrected chi connectivity index (χ1v) is 4.97. The summed E-state index contributed by atoms with van der Waals surface area (Å²) in [6, 6.07) is 0. The Labute approximate surface area is 89.1 Å². The van der Waals surface area contributed by atoms with Gasteiger partial charge in [0, 0.05) is 6.54 Å². The van der Waals surface area contributed by atoms with Gasteiger partial charge in [0.15, 0.2) is 0 Å². The largest absolute Gasteiger partial charge is 0.468 e. The summed E-state index contributed by atoms with van der Waals surface area (Å²) in [5.41, 5.74) is -0.766. The van der Waals surface area contributed by atoms with Gasteiger partial charge in [-0.25, -0.2) is 0 Å². The van der Waals surface area contributed by atoms with Crippen molar-refractivity contribution in [3.63, 3.8) is 0 Å². The molecule has 0 bridgehead atoms. The Bertz CT molecular complexity index is 262. The van der Waals surface area contributed by atoms with E-state index in [0.29, 0.717) is 19.6 Å². The zero-order valence-corrected chi connectivity index (χ0v) is 9.33. The average Bonchev–Trinajstić information content (AvgIpc) is 2.60. The maximum Gasteiger partial charge on any atom is 0.325 e. The lowest BCUT2D eigenvalue weighted by Crippen LogP contribution is -2.49. The summed E-state index contributed by atoms with van der Waals surface area (Å²) < 4.78 is 9.46. The third kappa shape index (κ3) is 2.92. The second kappa shape index (κ2) is 4.61. The molecule has 1 unspecified atom stereocenters. The first-order valence-electron chi connectivity index (χ1n) is 4.97. The Morgan fingerprint density at radius 3 is 2.80 bits per heavy atom. The van der Waals surface area contributed by atoms with Crippen LogP contribution in [0.5, 0.6) is 0 Å². The molecule has 1 saturated heterocycles. The maximum atomic E-state index is 11.3. The Morgan fingerprint density at radius 2 is 2.33 bits per heavy atom. The lowest BCUT2D eigenvalue weighted by molar-refractivity contribution is -0.148. The first kappa shape index (κ1) is 12.0. The van der Waals surface area contributed by atoms with Crippen molar-refractivity contribution in [2.45, 2.75) is 25.8 Å². The number of carbonyl (C=O) groups is 2. The van der Waals surface area contributed by atoms with E-state index in [9.17, 15) is 9.59 Å². The molecule has 1 rings (SSSR count). The van der Waals surface area contributed by atoms with Crippen molar-refractivity contribution in [2.75, 3.05) is 20.3 Å². The molecular weight excluding hydrogens is 198 g/mol. The molecule has 1 N–H and O–H groups in total. The average molecular weight is 215 g/mol. The summed E-state index contributed by atoms with van der Waals surface area (Å²) in [5, 5.41) is 3.01. The predicted molar refractivity (Wildman–Crippen MR) is 53.2 cm³/mol. The summed E-state index contributed by atoms with van der Waals surface area (Å²) in [7, 11) is 1.34. The smallest absolute Gasteiger partial charge is 0.325 e. The molecule has 0 aliphatic carbocycles. The normalized spacial score (nSPS) is 21.3. The van der Waals surface area contributed by atoms with E-state index in [1.54, 1.807) is 13.8 Å². The van der Waals surface area contributed by atoms with E-state index in [2.05, 4.69) is 10.1 Å². The van der Waals surface area contributed by atoms with Crippen LogP contribution in [0.25, 0.3) is 0 Å². The van der Waals surface area contributed by atoms with Gasteiger partial charge in [-0.1, -0.05) is 0 Å². The van der Waals surface area contributed by atoms with Crippen molar-refractivity contribution in [1.29, 1.82) is 0 Å². The van der Waals surface area contributed by atoms with Crippen LogP contribution in [0.3, 0.4) is 0 Å². The number of rotatable bonds is 4. The van der Waals surface area contributed by atoms with E-state index in [0.717, 1.165) is 0 Å². The number of esters is 2. The number of hydrogen-bond acceptors (Lipinski definition) is 5. The Balaban J connectivity index is 2.41. The summed E-state index contributed by atoms with van der Waals surface area (Å²) in [6.07, 6.45) is 0.711. The molecule has 1 aliphatic rings. The number of cyclic esters (lactones) is 1. The van der Waals surface area contributed by atoms with Crippen LogP contribution in [-0.4, -0.2) is 37.7 Å². The summed E-state index contributed by atoms with van der Waals surface area (Å²) >= 11 is 0. The van der Waals surface area contributed by atoms with Crippen molar-refractivity contribution in [3.8, 4) is 0 Å². The molecule has 86 valence electrons. The number of methoxy groups -OCH3 is 1. The van der Waals surface area contributed by atoms with E-state index in [1.807, 2.05) is 0 Å². The topological polar surface area (TPSA) is 64.6 Å². The molecule has 1 aliphatic heterocycles. The van der Waals surface area contributed by atoms with Gasteiger partial charge in [-0.15, -0.1) is 0 Å². The van der Waals surface area contributed by atoms with Crippen molar-refractivity contribution in [1.82, 2.24) is 5.32 Å². The molecular formula is C10H17NO4. The summed E-state index contributed by atoms with van der Waals surface area (Å²) in [6.45, 7) is 4.36. The molecule has 15 heavy (non-hydrogen) atoms. The highest BCUT2D eigenvalue weighted by atomic mass is 16.5. The van der Waals surface area contributed by atoms with Crippen LogP contribution < -0.4 is 5.32 Å². The predicted octanol–water partition coefficient (Wildman–Crippen LogP) is 0.0907. The van der Waals surface area contributed by atoms with Crippen LogP contribution >= 0.6 is 0 Å². The van der Waals surface area contributed by atoms with Crippen LogP contribution in [0.15, 0.2) is 0 Å². The minimum Gasteiger partial charge on any atom is -0.468 e. The molecule has 0 saturated carbocycles. The third-order valence-corrected chi connectivity index (χ3v) is 2.53. The van der Waals surface area contributed by atoms with Crippen LogP contribution in [0, 0.1) is 5.92 Å². The molecule has 5 nitrogen and oxygen atoms in total. The maximum absolute atomic E-state index is 11.3. The molecule has 1 atom stereocenters. The van der Waals surface area contributed by atoms with Gasteiger partial charge < -0.3 is 14.8 Å². The highest BCUT2D eigenvalue weighted by Crippen LogP contribution is 2.14. The standard InChI is InChI=1S/C10H17NO4/c1-10(2,9(13)14-3)11-6-7-4-5-15-8(7)12/h7,11H,4-6H2,1-3H3. The molecule has 1 heterocycles. The van der Waals surface area contributed by atoms with Crippen molar-refractivity contribution < 1.29 is 19.1 Å². The fourth-order valence-corrected chi connectivity index (χ4v) is 1.43. The number of nitrogens with one attached hydrogen (secondary N) is 1. The Hall–Kier alpha value is -1.10. The van der Waals surface area contributed by atoms with Gasteiger partial charge >= 0.3 is 11.9 Å². The molecule has 0 aromatic heterocycles. The van der Waals surface area contributed by atoms with Crippen molar-refractivity contribution in [2.24, 2.45) is 5.92 Å². The van der Waals surface area contributed by atoms with Gasteiger partial charge in [0.2, 0.25) is 0 Å². The van der Waals surface area contributed by atoms with E-state index in [-0.39, 0.29) is 17.9 Å². The van der Waals surface area contributed by atoms with Gasteiger partial charge in [0.1, 0.15) is 5.54 Å². The van der Waals surface area contributed by atoms with Crippen molar-refractivity contribution in [3.05, 3.63) is 0 Å². The van der Waals surface area contributed by atoms with Crippen molar-refractivity contribution >= 4 is 11.9 Å². The fraction of sp³-hybridized carbons (Fsp3) is 0.800. The third-order valence-electron chi connectivity index (χ3n) is 2.53. The second-order valence-electron chi connectivity index (χ2n) is 4.15. The minimum absolute atomic E-state index is 0.145. The zero-order chi connectivity index (χ0) is 11.5. The van der Waals surface area contributed by atoms with Gasteiger partial charge in [0.25, 0.3) is 0 Å². The molecule has 0 amide bonds. The Kier molecular flexibility index (Phi) is 3.68. The van der Waals surface area contributed by atoms with Crippen LogP contribution in [0.1, 0.15) is 20.3 Å². The molecule has 0 aromatic carbocycles. The van der Waals surface area contributed by atoms with Crippen LogP contribution in [-0.2, 0) is 19.1 Å². The molecule has 0 spiro atoms. The number of carbonyl (C=O) groups excluding carboxylic acids is 2. The van der Waals surface area contributed by atoms with Gasteiger partial charge in [-0.3, -0.25) is 9.59 Å². The van der Waals surface area contributed by atoms with E-state index < -0.39 is 5.54 Å². The lowest BCUT2D eigenvalue weighted by atomic mass is 10.0. The SMILES string of the molecule is COC(=O)C(C)(C)NCC1CCOC1=O. The van der Waals surface area contributed by atoms with Crippen LogP contribution in [0.4, 0.5) is 0 Å². The minimum atomic E-state index is -0.766. The second-order valence-corrected chi connectivity index (χ2v) is 4.15. The van der Waals surface area contributed by atoms with E-state index in [1.165, 1.54) is 7.11 Å². The zero-order valence-electron chi connectivity index (χ0n) is 9.33. The quantitative estimate of drug-likeness (QED) is 0.673. The fourth-order valence-electron chi connectivity index (χ4n) is 1.43. The van der Waals surface area contributed by atoms with Gasteiger partial charge in [0.05, 0.1) is 19.6 Å². The van der Waals surface area contributed by atoms with Crippen LogP contribution in [0.2, 0.25) is 0 Å². The number of ether oxygens (including phenoxy) is 2. The van der Waals surface area contributed by atoms with E-state index in [4.69, 9.17) is 4.74 Å². The molecule has 1 fully saturated rings. The highest BCUT2D eigenvalue weighted by molar-refractivity contribution is 5.80. The molecule has 0 aromatic rings. The van der Waals surface area contributed by atoms with Gasteiger partial charge in [-0.2, -0.15) is 0 Å². The summed E-state index contributed by atoms with van der Waals surface area (Å²) in [5.74, 6) is -0.675. The Morgan fingerprint density at radius 1 is 1.67 bits per heavy atom. The monoisotopic (exact) mass is 215 g/mol. The number of hydrogen-bond donors (Lipinski definition) is 1. The van der Waals surface area contributed by atoms with E-state index >= 15 is 0 Å². The molecule has 5 heteroatoms. The molecule has 0 radical (unpaired) electrons.